The van der Waals surface area contributed by atoms with Crippen molar-refractivity contribution in [1.29, 1.82) is 0 Å². The Kier molecular flexibility index (Phi) is 4.64. The molecule has 1 heterocycles. The molecule has 0 amide bonds. The van der Waals surface area contributed by atoms with E-state index >= 15 is 0 Å². The van der Waals surface area contributed by atoms with Gasteiger partial charge in [-0.15, -0.1) is 0 Å². The minimum absolute atomic E-state index is 0.0340. The van der Waals surface area contributed by atoms with Gasteiger partial charge in [-0.2, -0.15) is 0 Å². The van der Waals surface area contributed by atoms with Gasteiger partial charge in [0.25, 0.3) is 5.69 Å². The first kappa shape index (κ1) is 15.9. The van der Waals surface area contributed by atoms with Gasteiger partial charge in [-0.25, -0.2) is 0 Å². The molecule has 0 aromatic heterocycles. The van der Waals surface area contributed by atoms with Gasteiger partial charge in [0.05, 0.1) is 16.0 Å². The maximum absolute atomic E-state index is 10.6. The molecule has 1 aromatic rings. The maximum Gasteiger partial charge on any atom is 0.271 e. The van der Waals surface area contributed by atoms with Crippen molar-refractivity contribution < 1.29 is 29.7 Å². The van der Waals surface area contributed by atoms with Crippen LogP contribution >= 0.6 is 11.6 Å². The van der Waals surface area contributed by atoms with Gasteiger partial charge >= 0.3 is 0 Å². The lowest BCUT2D eigenvalue weighted by Crippen LogP contribution is -2.58. The van der Waals surface area contributed by atoms with E-state index in [2.05, 4.69) is 0 Å². The van der Waals surface area contributed by atoms with E-state index in [-0.39, 0.29) is 16.5 Å². The monoisotopic (exact) mass is 319 g/mol. The van der Waals surface area contributed by atoms with Crippen molar-refractivity contribution in [2.24, 2.45) is 0 Å². The Bertz CT molecular complexity index is 540. The Balaban J connectivity index is 2.16. The molecule has 0 aliphatic carbocycles. The summed E-state index contributed by atoms with van der Waals surface area (Å²) in [4.78, 5) is 10.0. The van der Waals surface area contributed by atoms with Gasteiger partial charge in [0.15, 0.2) is 0 Å². The van der Waals surface area contributed by atoms with Crippen molar-refractivity contribution in [1.82, 2.24) is 0 Å². The number of nitro groups is 1. The van der Waals surface area contributed by atoms with Crippen molar-refractivity contribution in [3.8, 4) is 5.75 Å². The van der Waals surface area contributed by atoms with Crippen molar-refractivity contribution in [2.45, 2.75) is 37.6 Å². The number of nitro benzene ring substituents is 1. The largest absolute Gasteiger partial charge is 0.460 e. The molecule has 0 bridgehead atoms. The summed E-state index contributed by atoms with van der Waals surface area (Å²) in [5, 5.41) is 39.6. The fourth-order valence-electron chi connectivity index (χ4n) is 1.93. The molecule has 0 radical (unpaired) electrons. The van der Waals surface area contributed by atoms with Crippen LogP contribution in [0, 0.1) is 10.1 Å². The maximum atomic E-state index is 10.6. The highest BCUT2D eigenvalue weighted by Crippen LogP contribution is 2.31. The minimum atomic E-state index is -1.48. The topological polar surface area (TPSA) is 122 Å². The van der Waals surface area contributed by atoms with Crippen LogP contribution < -0.4 is 4.74 Å². The molecule has 116 valence electrons. The number of benzene rings is 1. The highest BCUT2D eigenvalue weighted by molar-refractivity contribution is 6.32. The average molecular weight is 320 g/mol. The number of non-ortho nitro benzene ring substituents is 1. The number of halogens is 1. The first-order chi connectivity index (χ1) is 9.81. The van der Waals surface area contributed by atoms with Gasteiger partial charge in [0.1, 0.15) is 24.1 Å². The van der Waals surface area contributed by atoms with Crippen LogP contribution in [0.2, 0.25) is 5.02 Å². The third-order valence-corrected chi connectivity index (χ3v) is 3.47. The third kappa shape index (κ3) is 3.25. The van der Waals surface area contributed by atoms with Crippen LogP contribution in [0.1, 0.15) is 6.92 Å². The molecule has 1 fully saturated rings. The molecular weight excluding hydrogens is 306 g/mol. The summed E-state index contributed by atoms with van der Waals surface area (Å²) in [6.45, 7) is 1.51. The van der Waals surface area contributed by atoms with E-state index in [4.69, 9.17) is 21.1 Å². The highest BCUT2D eigenvalue weighted by atomic mass is 35.5. The molecule has 0 saturated carbocycles. The molecule has 1 aliphatic rings. The first-order valence-electron chi connectivity index (χ1n) is 6.11. The Morgan fingerprint density at radius 3 is 2.52 bits per heavy atom. The first-order valence-corrected chi connectivity index (χ1v) is 6.49. The van der Waals surface area contributed by atoms with E-state index in [1.54, 1.807) is 0 Å². The lowest BCUT2D eigenvalue weighted by atomic mass is 10.00. The van der Waals surface area contributed by atoms with E-state index in [1.807, 2.05) is 0 Å². The molecule has 0 unspecified atom stereocenters. The van der Waals surface area contributed by atoms with Gasteiger partial charge in [-0.05, 0) is 13.0 Å². The van der Waals surface area contributed by atoms with E-state index in [0.717, 1.165) is 6.07 Å². The van der Waals surface area contributed by atoms with Crippen molar-refractivity contribution >= 4 is 17.3 Å². The summed E-state index contributed by atoms with van der Waals surface area (Å²) in [7, 11) is 0. The number of rotatable bonds is 3. The van der Waals surface area contributed by atoms with Crippen LogP contribution in [-0.2, 0) is 4.74 Å². The quantitative estimate of drug-likeness (QED) is 0.546. The van der Waals surface area contributed by atoms with Gasteiger partial charge in [0.2, 0.25) is 6.29 Å². The van der Waals surface area contributed by atoms with Crippen LogP contribution in [0.4, 0.5) is 5.69 Å². The lowest BCUT2D eigenvalue weighted by molar-refractivity contribution is -0.384. The summed E-state index contributed by atoms with van der Waals surface area (Å²) >= 11 is 5.86. The number of hydrogen-bond donors (Lipinski definition) is 3. The Morgan fingerprint density at radius 2 is 1.95 bits per heavy atom. The zero-order chi connectivity index (χ0) is 15.7. The standard InChI is InChI=1S/C12H14ClNO7/c1-5-9(15)10(16)11(17)12(20-5)21-8-3-2-6(14(18)19)4-7(8)13/h2-5,9-12,15-17H,1H3/t5-,9-,10+,11+,12-/m0/s1. The lowest BCUT2D eigenvalue weighted by Gasteiger charge is -2.38. The predicted octanol–water partition coefficient (Wildman–Crippen LogP) is 0.454. The molecule has 1 aromatic carbocycles. The second-order valence-electron chi connectivity index (χ2n) is 4.67. The van der Waals surface area contributed by atoms with Gasteiger partial charge in [-0.3, -0.25) is 10.1 Å². The van der Waals surface area contributed by atoms with E-state index in [9.17, 15) is 25.4 Å². The van der Waals surface area contributed by atoms with Gasteiger partial charge < -0.3 is 24.8 Å². The molecule has 21 heavy (non-hydrogen) atoms. The van der Waals surface area contributed by atoms with Crippen LogP contribution in [0.25, 0.3) is 0 Å². The van der Waals surface area contributed by atoms with Crippen molar-refractivity contribution in [2.75, 3.05) is 0 Å². The van der Waals surface area contributed by atoms with Gasteiger partial charge in [0, 0.05) is 12.1 Å². The number of ether oxygens (including phenoxy) is 2. The van der Waals surface area contributed by atoms with Crippen molar-refractivity contribution in [3.05, 3.63) is 33.3 Å². The zero-order valence-electron chi connectivity index (χ0n) is 10.9. The van der Waals surface area contributed by atoms with Crippen molar-refractivity contribution in [3.63, 3.8) is 0 Å². The second kappa shape index (κ2) is 6.12. The number of aliphatic hydroxyl groups is 3. The van der Waals surface area contributed by atoms with E-state index < -0.39 is 35.6 Å². The Morgan fingerprint density at radius 1 is 1.29 bits per heavy atom. The fourth-order valence-corrected chi connectivity index (χ4v) is 2.15. The predicted molar refractivity (Wildman–Crippen MR) is 71.1 cm³/mol. The second-order valence-corrected chi connectivity index (χ2v) is 5.08. The molecule has 2 rings (SSSR count). The molecule has 8 nitrogen and oxygen atoms in total. The average Bonchev–Trinajstić information content (AvgIpc) is 2.44. The molecule has 0 spiro atoms. The molecule has 1 saturated heterocycles. The molecule has 1 aliphatic heterocycles. The Labute approximate surface area is 124 Å². The minimum Gasteiger partial charge on any atom is -0.460 e. The SMILES string of the molecule is C[C@@H]1O[C@@H](Oc2ccc([N+](=O)[O-])cc2Cl)[C@H](O)[C@H](O)[C@H]1O. The zero-order valence-corrected chi connectivity index (χ0v) is 11.7. The summed E-state index contributed by atoms with van der Waals surface area (Å²) in [6.07, 6.45) is -6.17. The van der Waals surface area contributed by atoms with Crippen LogP contribution in [0.15, 0.2) is 18.2 Å². The molecule has 5 atom stereocenters. The third-order valence-electron chi connectivity index (χ3n) is 3.18. The van der Waals surface area contributed by atoms with E-state index in [0.29, 0.717) is 0 Å². The summed E-state index contributed by atoms with van der Waals surface area (Å²) < 4.78 is 10.6. The molecular formula is C12H14ClNO7. The number of aliphatic hydroxyl groups excluding tert-OH is 3. The summed E-state index contributed by atoms with van der Waals surface area (Å²) in [5.41, 5.74) is -0.207. The molecule has 3 N–H and O–H groups in total. The number of nitrogens with zero attached hydrogens (tertiary/aromatic N) is 1. The Hall–Kier alpha value is -1.45. The van der Waals surface area contributed by atoms with Crippen LogP contribution in [0.5, 0.6) is 5.75 Å². The smallest absolute Gasteiger partial charge is 0.271 e. The normalized spacial score (nSPS) is 32.7. The van der Waals surface area contributed by atoms with Crippen LogP contribution in [0.3, 0.4) is 0 Å². The molecule has 9 heteroatoms. The summed E-state index contributed by atoms with van der Waals surface area (Å²) in [5.74, 6) is 0.0575. The van der Waals surface area contributed by atoms with Gasteiger partial charge in [-0.1, -0.05) is 11.6 Å². The van der Waals surface area contributed by atoms with Crippen LogP contribution in [-0.4, -0.2) is 50.9 Å². The number of hydrogen-bond acceptors (Lipinski definition) is 7. The fraction of sp³-hybridized carbons (Fsp3) is 0.500. The summed E-state index contributed by atoms with van der Waals surface area (Å²) in [6, 6.07) is 3.55. The highest BCUT2D eigenvalue weighted by Gasteiger charge is 2.43. The van der Waals surface area contributed by atoms with E-state index in [1.165, 1.54) is 19.1 Å².